The van der Waals surface area contributed by atoms with Gasteiger partial charge in [0.1, 0.15) is 0 Å². The molecule has 2 N–H and O–H groups in total. The number of nitrogens with one attached hydrogen (secondary N) is 2. The van der Waals surface area contributed by atoms with Gasteiger partial charge in [0.25, 0.3) is 0 Å². The quantitative estimate of drug-likeness (QED) is 0.804. The summed E-state index contributed by atoms with van der Waals surface area (Å²) in [6, 6.07) is 6.02. The van der Waals surface area contributed by atoms with Crippen LogP contribution >= 0.6 is 11.3 Å². The highest BCUT2D eigenvalue weighted by Gasteiger charge is 2.29. The molecule has 26 heavy (non-hydrogen) atoms. The van der Waals surface area contributed by atoms with E-state index in [4.69, 9.17) is 0 Å². The normalized spacial score (nSPS) is 21.2. The van der Waals surface area contributed by atoms with Crippen LogP contribution in [0.1, 0.15) is 45.1 Å². The minimum Gasteiger partial charge on any atom is -0.326 e. The molecule has 0 unspecified atom stereocenters. The Morgan fingerprint density at radius 2 is 1.85 bits per heavy atom. The van der Waals surface area contributed by atoms with Crippen molar-refractivity contribution in [3.05, 3.63) is 29.1 Å². The first-order valence-electron chi connectivity index (χ1n) is 9.06. The van der Waals surface area contributed by atoms with Crippen molar-refractivity contribution < 1.29 is 13.2 Å². The fourth-order valence-electron chi connectivity index (χ4n) is 3.39. The van der Waals surface area contributed by atoms with Gasteiger partial charge in [-0.1, -0.05) is 6.07 Å². The summed E-state index contributed by atoms with van der Waals surface area (Å²) in [7, 11) is -3.25. The van der Waals surface area contributed by atoms with Crippen molar-refractivity contribution in [3.8, 4) is 0 Å². The minimum atomic E-state index is -3.25. The van der Waals surface area contributed by atoms with E-state index in [1.165, 1.54) is 10.1 Å². The average Bonchev–Trinajstić information content (AvgIpc) is 3.07. The van der Waals surface area contributed by atoms with Gasteiger partial charge in [-0.25, -0.2) is 13.1 Å². The van der Waals surface area contributed by atoms with Crippen LogP contribution < -0.4 is 10.0 Å². The minimum absolute atomic E-state index is 0.0363. The molecule has 7 heteroatoms. The van der Waals surface area contributed by atoms with E-state index in [0.717, 1.165) is 11.3 Å². The SMILES string of the molecule is Cc1c(NC(=O)C2CCC(NS(=O)(=O)C(C)C)CC2)ccc2ccsc12. The van der Waals surface area contributed by atoms with Gasteiger partial charge in [0.05, 0.1) is 5.25 Å². The lowest BCUT2D eigenvalue weighted by molar-refractivity contribution is -0.120. The van der Waals surface area contributed by atoms with E-state index in [2.05, 4.69) is 21.5 Å². The molecule has 2 aromatic rings. The van der Waals surface area contributed by atoms with Gasteiger partial charge >= 0.3 is 0 Å². The molecule has 1 heterocycles. The standard InChI is InChI=1S/C19H26N2O3S2/c1-12(2)26(23,24)21-16-7-4-15(5-8-16)19(22)20-17-9-6-14-10-11-25-18(14)13(17)3/h6,9-12,15-16,21H,4-5,7-8H2,1-3H3,(H,20,22). The van der Waals surface area contributed by atoms with E-state index in [1.54, 1.807) is 25.2 Å². The number of rotatable bonds is 5. The van der Waals surface area contributed by atoms with Crippen molar-refractivity contribution in [2.24, 2.45) is 5.92 Å². The van der Waals surface area contributed by atoms with Gasteiger partial charge in [-0.05, 0) is 74.9 Å². The predicted octanol–water partition coefficient (Wildman–Crippen LogP) is 4.03. The summed E-state index contributed by atoms with van der Waals surface area (Å²) in [5, 5.41) is 5.90. The second-order valence-corrected chi connectivity index (χ2v) is 10.5. The fraction of sp³-hybridized carbons (Fsp3) is 0.526. The van der Waals surface area contributed by atoms with Gasteiger partial charge in [-0.15, -0.1) is 11.3 Å². The number of amides is 1. The highest BCUT2D eigenvalue weighted by atomic mass is 32.2. The lowest BCUT2D eigenvalue weighted by atomic mass is 9.86. The molecule has 3 rings (SSSR count). The van der Waals surface area contributed by atoms with E-state index in [-0.39, 0.29) is 17.9 Å². The molecule has 0 spiro atoms. The Balaban J connectivity index is 1.59. The van der Waals surface area contributed by atoms with E-state index in [9.17, 15) is 13.2 Å². The van der Waals surface area contributed by atoms with Crippen molar-refractivity contribution in [1.29, 1.82) is 0 Å². The lowest BCUT2D eigenvalue weighted by Gasteiger charge is -2.29. The smallest absolute Gasteiger partial charge is 0.227 e. The highest BCUT2D eigenvalue weighted by Crippen LogP contribution is 2.31. The molecule has 1 saturated carbocycles. The third-order valence-electron chi connectivity index (χ3n) is 5.18. The molecule has 1 aromatic heterocycles. The molecule has 0 saturated heterocycles. The van der Waals surface area contributed by atoms with E-state index < -0.39 is 15.3 Å². The van der Waals surface area contributed by atoms with Gasteiger partial charge in [-0.2, -0.15) is 0 Å². The van der Waals surface area contributed by atoms with Crippen molar-refractivity contribution in [3.63, 3.8) is 0 Å². The van der Waals surface area contributed by atoms with Crippen molar-refractivity contribution in [2.45, 2.75) is 57.7 Å². The van der Waals surface area contributed by atoms with Crippen molar-refractivity contribution >= 4 is 43.0 Å². The van der Waals surface area contributed by atoms with E-state index in [0.29, 0.717) is 25.7 Å². The zero-order chi connectivity index (χ0) is 18.9. The third kappa shape index (κ3) is 4.10. The van der Waals surface area contributed by atoms with Gasteiger partial charge < -0.3 is 5.32 Å². The summed E-state index contributed by atoms with van der Waals surface area (Å²) in [5.74, 6) is -0.0255. The van der Waals surface area contributed by atoms with Crippen LogP contribution in [-0.4, -0.2) is 25.6 Å². The Bertz CT molecular complexity index is 895. The average molecular weight is 395 g/mol. The number of anilines is 1. The first kappa shape index (κ1) is 19.3. The Morgan fingerprint density at radius 1 is 1.15 bits per heavy atom. The van der Waals surface area contributed by atoms with Crippen LogP contribution in [0.3, 0.4) is 0 Å². The number of sulfonamides is 1. The molecular weight excluding hydrogens is 368 g/mol. The first-order chi connectivity index (χ1) is 12.3. The lowest BCUT2D eigenvalue weighted by Crippen LogP contribution is -2.42. The predicted molar refractivity (Wildman–Crippen MR) is 108 cm³/mol. The Labute approximate surface area is 159 Å². The maximum Gasteiger partial charge on any atom is 0.227 e. The van der Waals surface area contributed by atoms with Crippen LogP contribution in [0.5, 0.6) is 0 Å². The molecule has 5 nitrogen and oxygen atoms in total. The summed E-state index contributed by atoms with van der Waals surface area (Å²) in [4.78, 5) is 12.6. The summed E-state index contributed by atoms with van der Waals surface area (Å²) in [5.41, 5.74) is 1.97. The molecule has 0 bridgehead atoms. The van der Waals surface area contributed by atoms with E-state index in [1.807, 2.05) is 19.1 Å². The van der Waals surface area contributed by atoms with Crippen LogP contribution in [0.2, 0.25) is 0 Å². The maximum atomic E-state index is 12.6. The number of hydrogen-bond acceptors (Lipinski definition) is 4. The summed E-state index contributed by atoms with van der Waals surface area (Å²) >= 11 is 1.68. The Morgan fingerprint density at radius 3 is 2.50 bits per heavy atom. The molecule has 1 fully saturated rings. The number of fused-ring (bicyclic) bond motifs is 1. The first-order valence-corrected chi connectivity index (χ1v) is 11.5. The summed E-state index contributed by atoms with van der Waals surface area (Å²) in [6.45, 7) is 5.38. The molecule has 142 valence electrons. The fourth-order valence-corrected chi connectivity index (χ4v) is 5.27. The van der Waals surface area contributed by atoms with Crippen LogP contribution in [0.4, 0.5) is 5.69 Å². The monoisotopic (exact) mass is 394 g/mol. The number of carbonyl (C=O) groups is 1. The Kier molecular flexibility index (Phi) is 5.69. The molecule has 0 aliphatic heterocycles. The summed E-state index contributed by atoms with van der Waals surface area (Å²) < 4.78 is 28.0. The zero-order valence-electron chi connectivity index (χ0n) is 15.4. The molecule has 0 radical (unpaired) electrons. The van der Waals surface area contributed by atoms with Crippen molar-refractivity contribution in [2.75, 3.05) is 5.32 Å². The second-order valence-electron chi connectivity index (χ2n) is 7.33. The second kappa shape index (κ2) is 7.66. The number of aryl methyl sites for hydroxylation is 1. The number of benzene rings is 1. The van der Waals surface area contributed by atoms with Crippen LogP contribution in [0.25, 0.3) is 10.1 Å². The number of thiophene rings is 1. The third-order valence-corrected chi connectivity index (χ3v) is 8.13. The maximum absolute atomic E-state index is 12.6. The number of carbonyl (C=O) groups excluding carboxylic acids is 1. The van der Waals surface area contributed by atoms with Gasteiger partial charge in [-0.3, -0.25) is 4.79 Å². The van der Waals surface area contributed by atoms with Crippen molar-refractivity contribution in [1.82, 2.24) is 4.72 Å². The largest absolute Gasteiger partial charge is 0.326 e. The molecule has 1 aromatic carbocycles. The Hall–Kier alpha value is -1.44. The van der Waals surface area contributed by atoms with Gasteiger partial charge in [0.15, 0.2) is 0 Å². The van der Waals surface area contributed by atoms with Crippen LogP contribution in [0.15, 0.2) is 23.6 Å². The number of hydrogen-bond donors (Lipinski definition) is 2. The van der Waals surface area contributed by atoms with Crippen LogP contribution in [0, 0.1) is 12.8 Å². The molecular formula is C19H26N2O3S2. The molecule has 1 aliphatic rings. The van der Waals surface area contributed by atoms with Gasteiger partial charge in [0, 0.05) is 22.3 Å². The topological polar surface area (TPSA) is 75.3 Å². The molecule has 0 atom stereocenters. The van der Waals surface area contributed by atoms with Crippen LogP contribution in [-0.2, 0) is 14.8 Å². The van der Waals surface area contributed by atoms with Gasteiger partial charge in [0.2, 0.25) is 15.9 Å². The molecule has 1 aliphatic carbocycles. The van der Waals surface area contributed by atoms with E-state index >= 15 is 0 Å². The highest BCUT2D eigenvalue weighted by molar-refractivity contribution is 7.90. The summed E-state index contributed by atoms with van der Waals surface area (Å²) in [6.07, 6.45) is 2.81. The zero-order valence-corrected chi connectivity index (χ0v) is 17.0. The molecule has 1 amide bonds.